The van der Waals surface area contributed by atoms with Crippen molar-refractivity contribution < 1.29 is 0 Å². The molecule has 0 fully saturated rings. The monoisotopic (exact) mass is 284 g/mol. The van der Waals surface area contributed by atoms with Crippen LogP contribution in [0.4, 0.5) is 0 Å². The number of rotatable bonds is 3. The highest BCUT2D eigenvalue weighted by atomic mass is 35.5. The lowest BCUT2D eigenvalue weighted by Crippen LogP contribution is -1.93. The van der Waals surface area contributed by atoms with Gasteiger partial charge in [-0.25, -0.2) is 4.98 Å². The Labute approximate surface area is 124 Å². The molecule has 0 aliphatic carbocycles. The summed E-state index contributed by atoms with van der Waals surface area (Å²) in [5.74, 6) is 0.519. The van der Waals surface area contributed by atoms with Gasteiger partial charge in [-0.3, -0.25) is 0 Å². The van der Waals surface area contributed by atoms with Crippen LogP contribution in [0.5, 0.6) is 0 Å². The minimum atomic E-state index is 0.519. The molecule has 102 valence electrons. The number of hydrogen-bond acceptors (Lipinski definition) is 1. The molecule has 0 amide bonds. The van der Waals surface area contributed by atoms with Crippen molar-refractivity contribution in [1.29, 1.82) is 0 Å². The van der Waals surface area contributed by atoms with Crippen LogP contribution in [-0.2, 0) is 12.3 Å². The van der Waals surface area contributed by atoms with E-state index in [-0.39, 0.29) is 0 Å². The van der Waals surface area contributed by atoms with Crippen molar-refractivity contribution in [1.82, 2.24) is 9.38 Å². The van der Waals surface area contributed by atoms with Crippen molar-refractivity contribution in [3.63, 3.8) is 0 Å². The van der Waals surface area contributed by atoms with E-state index in [0.29, 0.717) is 5.88 Å². The summed E-state index contributed by atoms with van der Waals surface area (Å²) in [4.78, 5) is 4.80. The van der Waals surface area contributed by atoms with E-state index in [4.69, 9.17) is 16.6 Å². The maximum absolute atomic E-state index is 5.91. The summed E-state index contributed by atoms with van der Waals surface area (Å²) in [6, 6.07) is 12.6. The number of benzene rings is 1. The van der Waals surface area contributed by atoms with Gasteiger partial charge in [0.15, 0.2) is 0 Å². The molecular formula is C17H17ClN2. The third kappa shape index (κ3) is 2.20. The van der Waals surface area contributed by atoms with E-state index < -0.39 is 0 Å². The first-order chi connectivity index (χ1) is 9.72. The number of hydrogen-bond donors (Lipinski definition) is 0. The fourth-order valence-electron chi connectivity index (χ4n) is 2.50. The zero-order valence-corrected chi connectivity index (χ0v) is 12.5. The van der Waals surface area contributed by atoms with Crippen molar-refractivity contribution in [2.45, 2.75) is 26.1 Å². The Morgan fingerprint density at radius 1 is 1.15 bits per heavy atom. The van der Waals surface area contributed by atoms with Crippen LogP contribution in [0.1, 0.15) is 23.7 Å². The Morgan fingerprint density at radius 2 is 1.90 bits per heavy atom. The molecule has 0 aliphatic rings. The normalized spacial score (nSPS) is 11.2. The van der Waals surface area contributed by atoms with Crippen LogP contribution in [0.3, 0.4) is 0 Å². The van der Waals surface area contributed by atoms with Crippen LogP contribution in [0, 0.1) is 6.92 Å². The minimum absolute atomic E-state index is 0.519. The van der Waals surface area contributed by atoms with Crippen LogP contribution < -0.4 is 0 Å². The van der Waals surface area contributed by atoms with Crippen molar-refractivity contribution >= 4 is 17.2 Å². The van der Waals surface area contributed by atoms with E-state index in [1.165, 1.54) is 16.8 Å². The second-order valence-electron chi connectivity index (χ2n) is 5.02. The van der Waals surface area contributed by atoms with Crippen LogP contribution >= 0.6 is 11.6 Å². The van der Waals surface area contributed by atoms with Gasteiger partial charge in [0.1, 0.15) is 5.65 Å². The molecule has 0 N–H and O–H groups in total. The lowest BCUT2D eigenvalue weighted by Gasteiger charge is -2.03. The number of imidazole rings is 1. The molecule has 2 heterocycles. The number of nitrogens with zero attached hydrogens (tertiary/aromatic N) is 2. The maximum Gasteiger partial charge on any atom is 0.137 e. The number of aromatic nitrogens is 2. The summed E-state index contributed by atoms with van der Waals surface area (Å²) in [6.07, 6.45) is 3.02. The van der Waals surface area contributed by atoms with Gasteiger partial charge in [0, 0.05) is 17.6 Å². The average molecular weight is 285 g/mol. The molecule has 0 radical (unpaired) electrons. The molecule has 0 spiro atoms. The van der Waals surface area contributed by atoms with Crippen LogP contribution in [0.15, 0.2) is 42.6 Å². The zero-order chi connectivity index (χ0) is 14.1. The summed E-state index contributed by atoms with van der Waals surface area (Å²) in [6.45, 7) is 4.26. The van der Waals surface area contributed by atoms with E-state index in [1.54, 1.807) is 0 Å². The maximum atomic E-state index is 5.91. The highest BCUT2D eigenvalue weighted by Gasteiger charge is 2.12. The molecule has 1 aromatic carbocycles. The summed E-state index contributed by atoms with van der Waals surface area (Å²) in [5, 5.41) is 0. The van der Waals surface area contributed by atoms with Gasteiger partial charge in [-0.1, -0.05) is 36.8 Å². The van der Waals surface area contributed by atoms with Gasteiger partial charge in [0.25, 0.3) is 0 Å². The lowest BCUT2D eigenvalue weighted by atomic mass is 10.1. The smallest absolute Gasteiger partial charge is 0.137 e. The Kier molecular flexibility index (Phi) is 3.49. The topological polar surface area (TPSA) is 17.3 Å². The number of pyridine rings is 1. The largest absolute Gasteiger partial charge is 0.303 e. The van der Waals surface area contributed by atoms with E-state index in [0.717, 1.165) is 23.3 Å². The second-order valence-corrected chi connectivity index (χ2v) is 5.29. The number of halogens is 1. The van der Waals surface area contributed by atoms with Gasteiger partial charge >= 0.3 is 0 Å². The third-order valence-electron chi connectivity index (χ3n) is 3.60. The fraction of sp³-hybridized carbons (Fsp3) is 0.235. The Hall–Kier alpha value is -1.80. The highest BCUT2D eigenvalue weighted by Crippen LogP contribution is 2.26. The molecule has 0 atom stereocenters. The molecule has 3 aromatic rings. The van der Waals surface area contributed by atoms with Gasteiger partial charge in [-0.05, 0) is 31.0 Å². The number of alkyl halides is 1. The second kappa shape index (κ2) is 5.29. The Balaban J connectivity index is 2.21. The average Bonchev–Trinajstić information content (AvgIpc) is 2.85. The van der Waals surface area contributed by atoms with Gasteiger partial charge in [-0.15, -0.1) is 11.6 Å². The SMILES string of the molecule is CCc1c(-c2ccc(C)cc2)nc2cc(CCl)ccn12. The highest BCUT2D eigenvalue weighted by molar-refractivity contribution is 6.17. The molecule has 0 saturated carbocycles. The molecule has 3 heteroatoms. The van der Waals surface area contributed by atoms with E-state index >= 15 is 0 Å². The van der Waals surface area contributed by atoms with E-state index in [9.17, 15) is 0 Å². The molecule has 0 aliphatic heterocycles. The van der Waals surface area contributed by atoms with Crippen LogP contribution in [0.25, 0.3) is 16.9 Å². The van der Waals surface area contributed by atoms with Gasteiger partial charge in [0.2, 0.25) is 0 Å². The molecular weight excluding hydrogens is 268 g/mol. The molecule has 0 bridgehead atoms. The summed E-state index contributed by atoms with van der Waals surface area (Å²) < 4.78 is 2.16. The first kappa shape index (κ1) is 13.2. The molecule has 3 rings (SSSR count). The molecule has 0 unspecified atom stereocenters. The molecule has 0 saturated heterocycles. The zero-order valence-electron chi connectivity index (χ0n) is 11.7. The fourth-order valence-corrected chi connectivity index (χ4v) is 2.67. The Bertz CT molecular complexity index is 742. The standard InChI is InChI=1S/C17H17ClN2/c1-3-15-17(14-6-4-12(2)5-7-14)19-16-10-13(11-18)8-9-20(15)16/h4-10H,3,11H2,1-2H3. The summed E-state index contributed by atoms with van der Waals surface area (Å²) in [5.41, 5.74) is 6.81. The predicted molar refractivity (Wildman–Crippen MR) is 84.3 cm³/mol. The first-order valence-electron chi connectivity index (χ1n) is 6.85. The van der Waals surface area contributed by atoms with Crippen molar-refractivity contribution in [3.8, 4) is 11.3 Å². The summed E-state index contributed by atoms with van der Waals surface area (Å²) >= 11 is 5.91. The van der Waals surface area contributed by atoms with E-state index in [2.05, 4.69) is 60.8 Å². The van der Waals surface area contributed by atoms with Gasteiger partial charge < -0.3 is 4.40 Å². The van der Waals surface area contributed by atoms with Crippen molar-refractivity contribution in [2.24, 2.45) is 0 Å². The minimum Gasteiger partial charge on any atom is -0.303 e. The predicted octanol–water partition coefficient (Wildman–Crippen LogP) is 4.61. The number of fused-ring (bicyclic) bond motifs is 1. The lowest BCUT2D eigenvalue weighted by molar-refractivity contribution is 0.994. The van der Waals surface area contributed by atoms with Gasteiger partial charge in [-0.2, -0.15) is 0 Å². The number of aryl methyl sites for hydroxylation is 2. The summed E-state index contributed by atoms with van der Waals surface area (Å²) in [7, 11) is 0. The van der Waals surface area contributed by atoms with Crippen LogP contribution in [0.2, 0.25) is 0 Å². The molecule has 2 nitrogen and oxygen atoms in total. The van der Waals surface area contributed by atoms with Crippen molar-refractivity contribution in [3.05, 3.63) is 59.4 Å². The molecule has 2 aromatic heterocycles. The third-order valence-corrected chi connectivity index (χ3v) is 3.91. The first-order valence-corrected chi connectivity index (χ1v) is 7.39. The van der Waals surface area contributed by atoms with Gasteiger partial charge in [0.05, 0.1) is 11.4 Å². The quantitative estimate of drug-likeness (QED) is 0.642. The van der Waals surface area contributed by atoms with Crippen LogP contribution in [-0.4, -0.2) is 9.38 Å². The van der Waals surface area contributed by atoms with Crippen molar-refractivity contribution in [2.75, 3.05) is 0 Å². The molecule has 20 heavy (non-hydrogen) atoms. The van der Waals surface area contributed by atoms with E-state index in [1.807, 2.05) is 0 Å². The Morgan fingerprint density at radius 3 is 2.55 bits per heavy atom.